The number of rotatable bonds is 5. The molecule has 0 unspecified atom stereocenters. The normalized spacial score (nSPS) is 26.0. The van der Waals surface area contributed by atoms with Crippen LogP contribution in [0.3, 0.4) is 0 Å². The average molecular weight is 494 g/mol. The molecular weight excluding hydrogens is 456 g/mol. The predicted molar refractivity (Wildman–Crippen MR) is 138 cm³/mol. The summed E-state index contributed by atoms with van der Waals surface area (Å²) >= 11 is 0. The first-order valence-electron chi connectivity index (χ1n) is 14.1. The van der Waals surface area contributed by atoms with E-state index >= 15 is 0 Å². The molecule has 3 aliphatic heterocycles. The molecule has 0 aromatic heterocycles. The lowest BCUT2D eigenvalue weighted by atomic mass is 9.83. The molecule has 6 rings (SSSR count). The molecular formula is C30H37F2N3O. The van der Waals surface area contributed by atoms with Crippen molar-refractivity contribution in [2.45, 2.75) is 77.0 Å². The Morgan fingerprint density at radius 1 is 0.972 bits per heavy atom. The van der Waals surface area contributed by atoms with Crippen LogP contribution in [0.15, 0.2) is 63.0 Å². The maximum atomic E-state index is 14.7. The summed E-state index contributed by atoms with van der Waals surface area (Å²) in [7, 11) is 0. The molecule has 0 radical (unpaired) electrons. The van der Waals surface area contributed by atoms with Crippen molar-refractivity contribution in [1.29, 1.82) is 0 Å². The van der Waals surface area contributed by atoms with E-state index in [1.165, 1.54) is 5.57 Å². The fourth-order valence-electron chi connectivity index (χ4n) is 7.16. The van der Waals surface area contributed by atoms with Gasteiger partial charge in [-0.15, -0.1) is 0 Å². The Bertz CT molecular complexity index is 1110. The molecule has 2 fully saturated rings. The summed E-state index contributed by atoms with van der Waals surface area (Å²) in [6.07, 6.45) is 15.9. The van der Waals surface area contributed by atoms with E-state index in [-0.39, 0.29) is 23.5 Å². The molecule has 0 spiro atoms. The molecule has 3 heterocycles. The van der Waals surface area contributed by atoms with Crippen LogP contribution in [0.4, 0.5) is 8.78 Å². The van der Waals surface area contributed by atoms with Crippen molar-refractivity contribution in [1.82, 2.24) is 9.80 Å². The average Bonchev–Trinajstić information content (AvgIpc) is 3.58. The summed E-state index contributed by atoms with van der Waals surface area (Å²) < 4.78 is 28.6. The Kier molecular flexibility index (Phi) is 6.80. The topological polar surface area (TPSA) is 35.9 Å². The number of halogens is 2. The Morgan fingerprint density at radius 2 is 1.78 bits per heavy atom. The van der Waals surface area contributed by atoms with Gasteiger partial charge in [0, 0.05) is 49.3 Å². The van der Waals surface area contributed by atoms with Crippen molar-refractivity contribution in [3.8, 4) is 0 Å². The molecule has 1 saturated carbocycles. The molecule has 6 heteroatoms. The van der Waals surface area contributed by atoms with Crippen molar-refractivity contribution >= 4 is 11.6 Å². The summed E-state index contributed by atoms with van der Waals surface area (Å²) in [6.45, 7) is 3.50. The third-order valence-electron chi connectivity index (χ3n) is 9.19. The number of carbonyl (C=O) groups is 1. The number of aliphatic imine (C=N–C) groups is 1. The van der Waals surface area contributed by atoms with E-state index in [4.69, 9.17) is 0 Å². The Morgan fingerprint density at radius 3 is 2.58 bits per heavy atom. The highest BCUT2D eigenvalue weighted by Gasteiger charge is 2.36. The molecule has 0 aromatic carbocycles. The monoisotopic (exact) mass is 493 g/mol. The van der Waals surface area contributed by atoms with Crippen LogP contribution >= 0.6 is 0 Å². The van der Waals surface area contributed by atoms with E-state index in [1.54, 1.807) is 12.2 Å². The van der Waals surface area contributed by atoms with Gasteiger partial charge in [0.05, 0.1) is 5.71 Å². The molecule has 6 aliphatic rings. The van der Waals surface area contributed by atoms with E-state index in [0.717, 1.165) is 106 Å². The SMILES string of the molecule is O=C(C1CCCC1)N1CCC2=C(F)CCCC2=C1CCN1CCC(C2=CN=C3CC=C(F)C=C23)CC1. The molecule has 3 aliphatic carbocycles. The fraction of sp³-hybridized carbons (Fsp3) is 0.600. The van der Waals surface area contributed by atoms with Gasteiger partial charge in [-0.25, -0.2) is 8.78 Å². The zero-order valence-electron chi connectivity index (χ0n) is 21.2. The second kappa shape index (κ2) is 10.2. The van der Waals surface area contributed by atoms with Crippen LogP contribution < -0.4 is 0 Å². The van der Waals surface area contributed by atoms with E-state index in [1.807, 2.05) is 6.20 Å². The van der Waals surface area contributed by atoms with Crippen LogP contribution in [0.25, 0.3) is 0 Å². The summed E-state index contributed by atoms with van der Waals surface area (Å²) in [4.78, 5) is 22.6. The van der Waals surface area contributed by atoms with Gasteiger partial charge in [0.15, 0.2) is 0 Å². The molecule has 4 nitrogen and oxygen atoms in total. The Labute approximate surface area is 213 Å². The number of likely N-dealkylation sites (tertiary alicyclic amines) is 1. The molecule has 0 aromatic rings. The molecule has 0 N–H and O–H groups in total. The summed E-state index contributed by atoms with van der Waals surface area (Å²) in [5.41, 5.74) is 6.34. The zero-order chi connectivity index (χ0) is 24.6. The standard InChI is InChI=1S/C30H37F2N3O/c31-22-8-9-28-25(18-22)26(19-33-28)20-10-14-34(15-11-20)16-13-29-24-6-3-7-27(32)23(24)12-17-35(29)30(36)21-4-1-2-5-21/h8,18-21H,1-7,9-17H2. The highest BCUT2D eigenvalue weighted by atomic mass is 19.1. The maximum absolute atomic E-state index is 14.7. The third-order valence-corrected chi connectivity index (χ3v) is 9.19. The summed E-state index contributed by atoms with van der Waals surface area (Å²) in [5.74, 6) is 0.747. The number of allylic oxidation sites excluding steroid dienone is 7. The van der Waals surface area contributed by atoms with Gasteiger partial charge in [-0.1, -0.05) is 12.8 Å². The summed E-state index contributed by atoms with van der Waals surface area (Å²) in [6, 6.07) is 0. The number of piperidine rings is 1. The van der Waals surface area contributed by atoms with Gasteiger partial charge in [0.1, 0.15) is 11.7 Å². The molecule has 0 atom stereocenters. The van der Waals surface area contributed by atoms with Crippen LogP contribution in [0.1, 0.15) is 77.0 Å². The quantitative estimate of drug-likeness (QED) is 0.428. The Hall–Kier alpha value is -2.34. The molecule has 0 bridgehead atoms. The lowest BCUT2D eigenvalue weighted by Crippen LogP contribution is -2.41. The minimum atomic E-state index is -0.152. The van der Waals surface area contributed by atoms with Gasteiger partial charge in [-0.3, -0.25) is 9.79 Å². The van der Waals surface area contributed by atoms with Gasteiger partial charge >= 0.3 is 0 Å². The minimum absolute atomic E-state index is 0.0530. The highest BCUT2D eigenvalue weighted by Crippen LogP contribution is 2.42. The van der Waals surface area contributed by atoms with Gasteiger partial charge in [0.2, 0.25) is 5.91 Å². The zero-order valence-corrected chi connectivity index (χ0v) is 21.2. The van der Waals surface area contributed by atoms with E-state index in [9.17, 15) is 13.6 Å². The summed E-state index contributed by atoms with van der Waals surface area (Å²) in [5, 5.41) is 0. The van der Waals surface area contributed by atoms with Crippen molar-refractivity contribution in [3.63, 3.8) is 0 Å². The van der Waals surface area contributed by atoms with Crippen molar-refractivity contribution in [2.24, 2.45) is 16.8 Å². The van der Waals surface area contributed by atoms with E-state index < -0.39 is 0 Å². The third kappa shape index (κ3) is 4.57. The lowest BCUT2D eigenvalue weighted by Gasteiger charge is -2.39. The number of hydrogen-bond donors (Lipinski definition) is 0. The smallest absolute Gasteiger partial charge is 0.229 e. The van der Waals surface area contributed by atoms with Gasteiger partial charge in [-0.2, -0.15) is 0 Å². The van der Waals surface area contributed by atoms with Crippen LogP contribution in [0, 0.1) is 11.8 Å². The van der Waals surface area contributed by atoms with E-state index in [2.05, 4.69) is 14.8 Å². The van der Waals surface area contributed by atoms with Crippen molar-refractivity contribution in [3.05, 3.63) is 58.0 Å². The molecule has 1 saturated heterocycles. The van der Waals surface area contributed by atoms with Gasteiger partial charge in [0.25, 0.3) is 0 Å². The Balaban J connectivity index is 1.12. The first kappa shape index (κ1) is 24.0. The van der Waals surface area contributed by atoms with Gasteiger partial charge < -0.3 is 9.80 Å². The van der Waals surface area contributed by atoms with E-state index in [0.29, 0.717) is 31.7 Å². The number of amides is 1. The van der Waals surface area contributed by atoms with Crippen LogP contribution in [-0.2, 0) is 4.79 Å². The second-order valence-electron chi connectivity index (χ2n) is 11.3. The highest BCUT2D eigenvalue weighted by molar-refractivity contribution is 6.08. The van der Waals surface area contributed by atoms with Crippen LogP contribution in [0.2, 0.25) is 0 Å². The van der Waals surface area contributed by atoms with Crippen LogP contribution in [-0.4, -0.2) is 47.6 Å². The number of nitrogens with zero attached hydrogens (tertiary/aromatic N) is 3. The fourth-order valence-corrected chi connectivity index (χ4v) is 7.16. The van der Waals surface area contributed by atoms with Crippen molar-refractivity contribution < 1.29 is 13.6 Å². The number of fused-ring (bicyclic) bond motifs is 2. The molecule has 192 valence electrons. The minimum Gasteiger partial charge on any atom is -0.315 e. The molecule has 1 amide bonds. The number of hydrogen-bond acceptors (Lipinski definition) is 3. The number of carbonyl (C=O) groups excluding carboxylic acids is 1. The first-order chi connectivity index (χ1) is 17.6. The van der Waals surface area contributed by atoms with Gasteiger partial charge in [-0.05, 0) is 99.2 Å². The predicted octanol–water partition coefficient (Wildman–Crippen LogP) is 6.69. The first-order valence-corrected chi connectivity index (χ1v) is 14.1. The van der Waals surface area contributed by atoms with Crippen LogP contribution in [0.5, 0.6) is 0 Å². The van der Waals surface area contributed by atoms with Crippen molar-refractivity contribution in [2.75, 3.05) is 26.2 Å². The largest absolute Gasteiger partial charge is 0.315 e. The molecule has 36 heavy (non-hydrogen) atoms. The lowest BCUT2D eigenvalue weighted by molar-refractivity contribution is -0.133. The maximum Gasteiger partial charge on any atom is 0.229 e. The second-order valence-corrected chi connectivity index (χ2v) is 11.3.